The molecule has 0 amide bonds. The van der Waals surface area contributed by atoms with Crippen molar-refractivity contribution in [3.8, 4) is 11.1 Å². The first kappa shape index (κ1) is 13.6. The van der Waals surface area contributed by atoms with Crippen LogP contribution in [0.25, 0.3) is 11.1 Å². The summed E-state index contributed by atoms with van der Waals surface area (Å²) in [5.74, 6) is -5.44. The van der Waals surface area contributed by atoms with Crippen molar-refractivity contribution in [3.63, 3.8) is 0 Å². The lowest BCUT2D eigenvalue weighted by Gasteiger charge is -2.07. The molecule has 0 atom stereocenters. The van der Waals surface area contributed by atoms with Crippen molar-refractivity contribution in [3.05, 3.63) is 57.8 Å². The van der Waals surface area contributed by atoms with Crippen LogP contribution in [-0.2, 0) is 0 Å². The van der Waals surface area contributed by atoms with Gasteiger partial charge in [0.2, 0.25) is 0 Å². The fourth-order valence-corrected chi connectivity index (χ4v) is 2.02. The van der Waals surface area contributed by atoms with Crippen LogP contribution < -0.4 is 0 Å². The molecule has 0 radical (unpaired) electrons. The summed E-state index contributed by atoms with van der Waals surface area (Å²) in [4.78, 5) is 11.0. The van der Waals surface area contributed by atoms with Gasteiger partial charge in [-0.1, -0.05) is 6.07 Å². The molecule has 0 unspecified atom stereocenters. The van der Waals surface area contributed by atoms with Gasteiger partial charge in [-0.05, 0) is 45.8 Å². The Labute approximate surface area is 114 Å². The largest absolute Gasteiger partial charge is 0.478 e. The zero-order chi connectivity index (χ0) is 14.2. The molecule has 0 aromatic heterocycles. The van der Waals surface area contributed by atoms with E-state index in [0.717, 1.165) is 12.1 Å². The summed E-state index contributed by atoms with van der Waals surface area (Å²) in [5.41, 5.74) is -0.146. The molecule has 0 fully saturated rings. The highest BCUT2D eigenvalue weighted by Gasteiger charge is 2.16. The van der Waals surface area contributed by atoms with Gasteiger partial charge >= 0.3 is 5.97 Å². The molecule has 0 aliphatic heterocycles. The number of carboxylic acids is 1. The monoisotopic (exact) mass is 330 g/mol. The fraction of sp³-hybridized carbons (Fsp3) is 0. The summed E-state index contributed by atoms with van der Waals surface area (Å²) in [5, 5.41) is 8.95. The molecule has 0 aliphatic carbocycles. The number of carbonyl (C=O) groups is 1. The van der Waals surface area contributed by atoms with E-state index in [9.17, 15) is 18.0 Å². The van der Waals surface area contributed by atoms with Gasteiger partial charge in [0, 0.05) is 10.0 Å². The smallest absolute Gasteiger partial charge is 0.336 e. The SMILES string of the molecule is O=C(O)c1cc(-c2ccc(F)c(F)c2F)ccc1Br. The van der Waals surface area contributed by atoms with E-state index in [-0.39, 0.29) is 16.7 Å². The highest BCUT2D eigenvalue weighted by atomic mass is 79.9. The van der Waals surface area contributed by atoms with Crippen LogP contribution in [0.3, 0.4) is 0 Å². The summed E-state index contributed by atoms with van der Waals surface area (Å²) in [6.45, 7) is 0. The van der Waals surface area contributed by atoms with Gasteiger partial charge in [0.1, 0.15) is 0 Å². The molecule has 2 aromatic rings. The Bertz CT molecular complexity index is 671. The summed E-state index contributed by atoms with van der Waals surface area (Å²) in [6.07, 6.45) is 0. The lowest BCUT2D eigenvalue weighted by atomic mass is 10.0. The maximum atomic E-state index is 13.6. The van der Waals surface area contributed by atoms with Crippen LogP contribution >= 0.6 is 15.9 Å². The molecule has 1 N–H and O–H groups in total. The van der Waals surface area contributed by atoms with Gasteiger partial charge in [0.05, 0.1) is 5.56 Å². The molecular formula is C13H6BrF3O2. The Morgan fingerprint density at radius 2 is 1.74 bits per heavy atom. The molecule has 2 aromatic carbocycles. The van der Waals surface area contributed by atoms with Crippen LogP contribution in [-0.4, -0.2) is 11.1 Å². The van der Waals surface area contributed by atoms with Crippen molar-refractivity contribution in [2.45, 2.75) is 0 Å². The van der Waals surface area contributed by atoms with Gasteiger partial charge in [-0.3, -0.25) is 0 Å². The van der Waals surface area contributed by atoms with Crippen molar-refractivity contribution in [2.24, 2.45) is 0 Å². The first-order valence-corrected chi connectivity index (χ1v) is 5.88. The lowest BCUT2D eigenvalue weighted by molar-refractivity contribution is 0.0696. The van der Waals surface area contributed by atoms with Crippen molar-refractivity contribution in [1.29, 1.82) is 0 Å². The standard InChI is InChI=1S/C13H6BrF3O2/c14-9-3-1-6(5-8(9)13(18)19)7-2-4-10(15)12(17)11(7)16/h1-5H,(H,18,19). The minimum Gasteiger partial charge on any atom is -0.478 e. The normalized spacial score (nSPS) is 10.5. The number of rotatable bonds is 2. The average Bonchev–Trinajstić information content (AvgIpc) is 2.37. The maximum Gasteiger partial charge on any atom is 0.336 e. The van der Waals surface area contributed by atoms with Crippen LogP contribution in [0.2, 0.25) is 0 Å². The van der Waals surface area contributed by atoms with E-state index in [0.29, 0.717) is 4.47 Å². The van der Waals surface area contributed by atoms with Gasteiger partial charge in [-0.25, -0.2) is 18.0 Å². The third kappa shape index (κ3) is 2.49. The van der Waals surface area contributed by atoms with Gasteiger partial charge in [-0.2, -0.15) is 0 Å². The molecular weight excluding hydrogens is 325 g/mol. The maximum absolute atomic E-state index is 13.6. The molecule has 2 rings (SSSR count). The molecule has 0 heterocycles. The summed E-state index contributed by atoms with van der Waals surface area (Å²) in [6, 6.07) is 5.84. The minimum atomic E-state index is -1.59. The lowest BCUT2D eigenvalue weighted by Crippen LogP contribution is -1.99. The highest BCUT2D eigenvalue weighted by Crippen LogP contribution is 2.29. The van der Waals surface area contributed by atoms with Crippen LogP contribution in [0.4, 0.5) is 13.2 Å². The molecule has 6 heteroatoms. The van der Waals surface area contributed by atoms with Gasteiger partial charge in [0.15, 0.2) is 17.5 Å². The van der Waals surface area contributed by atoms with Crippen molar-refractivity contribution in [2.75, 3.05) is 0 Å². The summed E-state index contributed by atoms with van der Waals surface area (Å²) >= 11 is 3.04. The first-order chi connectivity index (χ1) is 8.91. The molecule has 0 spiro atoms. The summed E-state index contributed by atoms with van der Waals surface area (Å²) in [7, 11) is 0. The Morgan fingerprint density at radius 3 is 2.37 bits per heavy atom. The molecule has 0 saturated heterocycles. The van der Waals surface area contributed by atoms with Crippen molar-refractivity contribution in [1.82, 2.24) is 0 Å². The third-order valence-electron chi connectivity index (χ3n) is 2.54. The third-order valence-corrected chi connectivity index (χ3v) is 3.23. The van der Waals surface area contributed by atoms with Crippen molar-refractivity contribution < 1.29 is 23.1 Å². The number of carboxylic acid groups (broad SMARTS) is 1. The fourth-order valence-electron chi connectivity index (χ4n) is 1.61. The minimum absolute atomic E-state index is 0.0957. The second-order valence-electron chi connectivity index (χ2n) is 3.72. The number of halogens is 4. The molecule has 2 nitrogen and oxygen atoms in total. The van der Waals surface area contributed by atoms with E-state index in [1.807, 2.05) is 0 Å². The molecule has 98 valence electrons. The van der Waals surface area contributed by atoms with Crippen LogP contribution in [0.15, 0.2) is 34.8 Å². The quantitative estimate of drug-likeness (QED) is 0.836. The predicted octanol–water partition coefficient (Wildman–Crippen LogP) is 4.23. The molecule has 0 saturated carbocycles. The Balaban J connectivity index is 2.63. The number of benzene rings is 2. The second kappa shape index (κ2) is 5.05. The average molecular weight is 331 g/mol. The van der Waals surface area contributed by atoms with E-state index in [4.69, 9.17) is 5.11 Å². The van der Waals surface area contributed by atoms with Crippen LogP contribution in [0, 0.1) is 17.5 Å². The number of aromatic carboxylic acids is 1. The zero-order valence-corrected chi connectivity index (χ0v) is 10.8. The molecule has 0 aliphatic rings. The van der Waals surface area contributed by atoms with Crippen LogP contribution in [0.1, 0.15) is 10.4 Å². The predicted molar refractivity (Wildman–Crippen MR) is 66.4 cm³/mol. The van der Waals surface area contributed by atoms with Crippen molar-refractivity contribution >= 4 is 21.9 Å². The molecule has 0 bridgehead atoms. The van der Waals surface area contributed by atoms with E-state index >= 15 is 0 Å². The van der Waals surface area contributed by atoms with E-state index < -0.39 is 23.4 Å². The summed E-state index contributed by atoms with van der Waals surface area (Å²) < 4.78 is 39.9. The first-order valence-electron chi connectivity index (χ1n) is 5.08. The van der Waals surface area contributed by atoms with Gasteiger partial charge in [0.25, 0.3) is 0 Å². The Hall–Kier alpha value is -1.82. The van der Waals surface area contributed by atoms with E-state index in [1.54, 1.807) is 0 Å². The topological polar surface area (TPSA) is 37.3 Å². The van der Waals surface area contributed by atoms with Crippen LogP contribution in [0.5, 0.6) is 0 Å². The zero-order valence-electron chi connectivity index (χ0n) is 9.25. The second-order valence-corrected chi connectivity index (χ2v) is 4.58. The Morgan fingerprint density at radius 1 is 1.05 bits per heavy atom. The highest BCUT2D eigenvalue weighted by molar-refractivity contribution is 9.10. The van der Waals surface area contributed by atoms with Gasteiger partial charge in [-0.15, -0.1) is 0 Å². The Kier molecular flexibility index (Phi) is 3.61. The number of hydrogen-bond donors (Lipinski definition) is 1. The van der Waals surface area contributed by atoms with E-state index in [1.165, 1.54) is 18.2 Å². The van der Waals surface area contributed by atoms with Gasteiger partial charge < -0.3 is 5.11 Å². The van der Waals surface area contributed by atoms with E-state index in [2.05, 4.69) is 15.9 Å². The number of hydrogen-bond acceptors (Lipinski definition) is 1. The molecule has 19 heavy (non-hydrogen) atoms.